The monoisotopic (exact) mass is 187 g/mol. The Morgan fingerprint density at radius 1 is 1.50 bits per heavy atom. The maximum atomic E-state index is 4.55. The zero-order valence-corrected chi connectivity index (χ0v) is 8.27. The second-order valence-corrected chi connectivity index (χ2v) is 3.90. The third-order valence-electron chi connectivity index (χ3n) is 2.80. The number of aryl methyl sites for hydroxylation is 1. The third kappa shape index (κ3) is 1.12. The average Bonchev–Trinajstić information content (AvgIpc) is 2.96. The van der Waals surface area contributed by atoms with E-state index in [1.54, 1.807) is 0 Å². The highest BCUT2D eigenvalue weighted by Crippen LogP contribution is 2.39. The van der Waals surface area contributed by atoms with Crippen molar-refractivity contribution in [3.05, 3.63) is 29.7 Å². The fraction of sp³-hybridized carbons (Fsp3) is 0.455. The van der Waals surface area contributed by atoms with E-state index in [1.807, 2.05) is 10.7 Å². The first-order valence-electron chi connectivity index (χ1n) is 5.22. The normalized spacial score (nSPS) is 16.4. The first-order chi connectivity index (χ1) is 6.88. The number of fused-ring (bicyclic) bond motifs is 1. The first-order valence-corrected chi connectivity index (χ1v) is 5.22. The molecule has 14 heavy (non-hydrogen) atoms. The zero-order chi connectivity index (χ0) is 9.54. The lowest BCUT2D eigenvalue weighted by molar-refractivity contribution is 0.817. The van der Waals surface area contributed by atoms with Crippen LogP contribution in [0.5, 0.6) is 0 Å². The van der Waals surface area contributed by atoms with E-state index < -0.39 is 0 Å². The molecule has 0 N–H and O–H groups in total. The summed E-state index contributed by atoms with van der Waals surface area (Å²) in [5, 5.41) is 4.55. The summed E-state index contributed by atoms with van der Waals surface area (Å²) in [6.45, 7) is 2.12. The van der Waals surface area contributed by atoms with Gasteiger partial charge < -0.3 is 0 Å². The van der Waals surface area contributed by atoms with Gasteiger partial charge in [-0.1, -0.05) is 6.92 Å². The van der Waals surface area contributed by atoms with E-state index in [0.717, 1.165) is 23.7 Å². The number of rotatable bonds is 2. The Kier molecular flexibility index (Phi) is 1.60. The molecule has 0 aromatic carbocycles. The van der Waals surface area contributed by atoms with Crippen molar-refractivity contribution in [2.24, 2.45) is 0 Å². The maximum Gasteiger partial charge on any atom is 0.155 e. The van der Waals surface area contributed by atoms with Crippen molar-refractivity contribution in [3.8, 4) is 0 Å². The van der Waals surface area contributed by atoms with Crippen LogP contribution in [0.2, 0.25) is 0 Å². The minimum atomic E-state index is 0.727. The second-order valence-electron chi connectivity index (χ2n) is 3.90. The van der Waals surface area contributed by atoms with Crippen molar-refractivity contribution in [2.45, 2.75) is 32.1 Å². The lowest BCUT2D eigenvalue weighted by Gasteiger charge is -2.00. The van der Waals surface area contributed by atoms with Gasteiger partial charge in [-0.2, -0.15) is 5.10 Å². The van der Waals surface area contributed by atoms with Crippen LogP contribution in [0.15, 0.2) is 18.3 Å². The van der Waals surface area contributed by atoms with Gasteiger partial charge in [-0.3, -0.25) is 0 Å². The molecular weight excluding hydrogens is 174 g/mol. The molecule has 1 aliphatic rings. The summed E-state index contributed by atoms with van der Waals surface area (Å²) in [5.74, 6) is 0.727. The number of aromatic nitrogens is 3. The molecule has 3 heteroatoms. The zero-order valence-electron chi connectivity index (χ0n) is 8.27. The van der Waals surface area contributed by atoms with Gasteiger partial charge in [-0.25, -0.2) is 9.50 Å². The summed E-state index contributed by atoms with van der Waals surface area (Å²) < 4.78 is 2.01. The highest BCUT2D eigenvalue weighted by atomic mass is 15.3. The Labute approximate surface area is 82.8 Å². The lowest BCUT2D eigenvalue weighted by Crippen LogP contribution is -1.98. The van der Waals surface area contributed by atoms with Gasteiger partial charge in [0.2, 0.25) is 0 Å². The highest BCUT2D eigenvalue weighted by molar-refractivity contribution is 5.41. The summed E-state index contributed by atoms with van der Waals surface area (Å²) in [4.78, 5) is 4.32. The van der Waals surface area contributed by atoms with Crippen molar-refractivity contribution in [1.82, 2.24) is 14.6 Å². The molecule has 3 rings (SSSR count). The highest BCUT2D eigenvalue weighted by Gasteiger charge is 2.26. The quantitative estimate of drug-likeness (QED) is 0.721. The van der Waals surface area contributed by atoms with E-state index in [0.29, 0.717) is 0 Å². The van der Waals surface area contributed by atoms with E-state index in [-0.39, 0.29) is 0 Å². The maximum absolute atomic E-state index is 4.55. The van der Waals surface area contributed by atoms with Crippen molar-refractivity contribution in [2.75, 3.05) is 0 Å². The smallest absolute Gasteiger partial charge is 0.155 e. The van der Waals surface area contributed by atoms with Crippen molar-refractivity contribution >= 4 is 5.65 Å². The number of hydrogen-bond donors (Lipinski definition) is 0. The third-order valence-corrected chi connectivity index (χ3v) is 2.80. The number of hydrogen-bond acceptors (Lipinski definition) is 2. The molecule has 1 fully saturated rings. The molecule has 0 bridgehead atoms. The summed E-state index contributed by atoms with van der Waals surface area (Å²) in [6.07, 6.45) is 5.48. The van der Waals surface area contributed by atoms with Crippen LogP contribution in [-0.2, 0) is 6.42 Å². The van der Waals surface area contributed by atoms with Gasteiger partial charge in [0.05, 0.1) is 5.69 Å². The fourth-order valence-corrected chi connectivity index (χ4v) is 1.82. The van der Waals surface area contributed by atoms with E-state index in [9.17, 15) is 0 Å². The van der Waals surface area contributed by atoms with Crippen LogP contribution in [0.1, 0.15) is 37.1 Å². The van der Waals surface area contributed by atoms with Crippen molar-refractivity contribution < 1.29 is 0 Å². The minimum Gasteiger partial charge on any atom is -0.237 e. The molecule has 0 amide bonds. The Morgan fingerprint density at radius 2 is 2.36 bits per heavy atom. The first kappa shape index (κ1) is 7.97. The predicted molar refractivity (Wildman–Crippen MR) is 54.3 cm³/mol. The largest absolute Gasteiger partial charge is 0.237 e. The Bertz CT molecular complexity index is 468. The predicted octanol–water partition coefficient (Wildman–Crippen LogP) is 2.17. The van der Waals surface area contributed by atoms with Crippen LogP contribution in [0, 0.1) is 0 Å². The molecule has 0 aliphatic heterocycles. The van der Waals surface area contributed by atoms with E-state index in [1.165, 1.54) is 18.5 Å². The molecule has 0 spiro atoms. The van der Waals surface area contributed by atoms with Gasteiger partial charge in [0.25, 0.3) is 0 Å². The number of nitrogens with zero attached hydrogens (tertiary/aromatic N) is 3. The fourth-order valence-electron chi connectivity index (χ4n) is 1.82. The van der Waals surface area contributed by atoms with Gasteiger partial charge in [0.1, 0.15) is 0 Å². The molecule has 0 saturated heterocycles. The Balaban J connectivity index is 2.23. The molecule has 3 nitrogen and oxygen atoms in total. The molecular formula is C11H13N3. The standard InChI is InChI=1S/C11H13N3/c1-2-9-7-11-12-6-5-10(8-3-4-8)14(11)13-9/h5-8H,2-4H2,1H3. The minimum absolute atomic E-state index is 0.727. The van der Waals surface area contributed by atoms with Gasteiger partial charge in [-0.15, -0.1) is 0 Å². The van der Waals surface area contributed by atoms with Crippen LogP contribution in [0.25, 0.3) is 5.65 Å². The van der Waals surface area contributed by atoms with E-state index in [4.69, 9.17) is 0 Å². The summed E-state index contributed by atoms with van der Waals surface area (Å²) >= 11 is 0. The van der Waals surface area contributed by atoms with E-state index >= 15 is 0 Å². The molecule has 1 aliphatic carbocycles. The SMILES string of the molecule is CCc1cc2nccc(C3CC3)n2n1. The van der Waals surface area contributed by atoms with Crippen LogP contribution in [0.4, 0.5) is 0 Å². The lowest BCUT2D eigenvalue weighted by atomic mass is 10.3. The van der Waals surface area contributed by atoms with Gasteiger partial charge in [0.15, 0.2) is 5.65 Å². The molecule has 2 heterocycles. The Hall–Kier alpha value is -1.38. The Morgan fingerprint density at radius 3 is 3.07 bits per heavy atom. The molecule has 72 valence electrons. The summed E-state index contributed by atoms with van der Waals surface area (Å²) in [7, 11) is 0. The van der Waals surface area contributed by atoms with Crippen LogP contribution >= 0.6 is 0 Å². The van der Waals surface area contributed by atoms with Crippen LogP contribution < -0.4 is 0 Å². The van der Waals surface area contributed by atoms with Gasteiger partial charge >= 0.3 is 0 Å². The van der Waals surface area contributed by atoms with Crippen LogP contribution in [0.3, 0.4) is 0 Å². The van der Waals surface area contributed by atoms with Crippen molar-refractivity contribution in [3.63, 3.8) is 0 Å². The van der Waals surface area contributed by atoms with Crippen molar-refractivity contribution in [1.29, 1.82) is 0 Å². The molecule has 1 saturated carbocycles. The molecule has 0 unspecified atom stereocenters. The summed E-state index contributed by atoms with van der Waals surface area (Å²) in [5.41, 5.74) is 3.45. The van der Waals surface area contributed by atoms with Gasteiger partial charge in [0, 0.05) is 23.9 Å². The van der Waals surface area contributed by atoms with Crippen LogP contribution in [-0.4, -0.2) is 14.6 Å². The van der Waals surface area contributed by atoms with E-state index in [2.05, 4.69) is 29.1 Å². The topological polar surface area (TPSA) is 30.2 Å². The second kappa shape index (κ2) is 2.80. The average molecular weight is 187 g/mol. The summed E-state index contributed by atoms with van der Waals surface area (Å²) in [6, 6.07) is 4.17. The van der Waals surface area contributed by atoms with Gasteiger partial charge in [-0.05, 0) is 25.3 Å². The molecule has 0 radical (unpaired) electrons. The molecule has 2 aromatic rings. The molecule has 0 atom stereocenters. The molecule has 2 aromatic heterocycles.